The van der Waals surface area contributed by atoms with Crippen molar-refractivity contribution in [2.24, 2.45) is 11.0 Å². The van der Waals surface area contributed by atoms with E-state index >= 15 is 0 Å². The lowest BCUT2D eigenvalue weighted by molar-refractivity contribution is -0.159. The molecule has 3 unspecified atom stereocenters. The Morgan fingerprint density at radius 2 is 1.52 bits per heavy atom. The highest BCUT2D eigenvalue weighted by molar-refractivity contribution is 9.09. The maximum absolute atomic E-state index is 13.9. The van der Waals surface area contributed by atoms with E-state index in [4.69, 9.17) is 14.2 Å². The van der Waals surface area contributed by atoms with Crippen molar-refractivity contribution >= 4 is 51.5 Å². The van der Waals surface area contributed by atoms with Gasteiger partial charge in [0, 0.05) is 6.42 Å². The van der Waals surface area contributed by atoms with Crippen molar-refractivity contribution in [1.29, 1.82) is 0 Å². The standard InChI is InChI=1S/C31H44BrN3O9/c1-20(2)27(28(40)34-22(23(37)17-32)16-26(39)44-31(6,7)8)35(33-19-36)29(41)24(14-15-25(38)43-30(3,4)5)42-18-21-12-10-9-11-13-21/h9-13,20,22,24,27H,14-18H2,1-8H3,(H,34,40). The summed E-state index contributed by atoms with van der Waals surface area (Å²) in [6, 6.07) is 6.28. The first-order valence-corrected chi connectivity index (χ1v) is 15.4. The first kappa shape index (κ1) is 38.6. The van der Waals surface area contributed by atoms with Crippen molar-refractivity contribution in [3.8, 4) is 0 Å². The summed E-state index contributed by atoms with van der Waals surface area (Å²) in [6.45, 7) is 13.3. The number of esters is 2. The van der Waals surface area contributed by atoms with Gasteiger partial charge in [0.25, 0.3) is 12.0 Å². The monoisotopic (exact) mass is 681 g/mol. The smallest absolute Gasteiger partial charge is 0.308 e. The van der Waals surface area contributed by atoms with Crippen molar-refractivity contribution in [3.63, 3.8) is 0 Å². The highest BCUT2D eigenvalue weighted by Crippen LogP contribution is 2.20. The molecule has 44 heavy (non-hydrogen) atoms. The normalized spacial score (nSPS) is 13.6. The molecule has 1 aromatic rings. The Morgan fingerprint density at radius 3 is 2.02 bits per heavy atom. The lowest BCUT2D eigenvalue weighted by atomic mass is 10.00. The van der Waals surface area contributed by atoms with Crippen LogP contribution in [0.3, 0.4) is 0 Å². The Hall–Kier alpha value is -3.41. The van der Waals surface area contributed by atoms with Crippen LogP contribution >= 0.6 is 15.9 Å². The molecule has 0 aromatic heterocycles. The van der Waals surface area contributed by atoms with Crippen LogP contribution in [-0.2, 0) is 49.6 Å². The van der Waals surface area contributed by atoms with E-state index in [1.807, 2.05) is 6.07 Å². The van der Waals surface area contributed by atoms with Crippen molar-refractivity contribution in [2.75, 3.05) is 5.33 Å². The number of carbonyl (C=O) groups excluding carboxylic acids is 6. The van der Waals surface area contributed by atoms with Gasteiger partial charge in [0.05, 0.1) is 24.4 Å². The van der Waals surface area contributed by atoms with E-state index in [0.29, 0.717) is 5.01 Å². The van der Waals surface area contributed by atoms with Gasteiger partial charge in [-0.15, -0.1) is 0 Å². The average molecular weight is 683 g/mol. The highest BCUT2D eigenvalue weighted by atomic mass is 79.9. The second-order valence-corrected chi connectivity index (χ2v) is 13.0. The molecule has 1 rings (SSSR count). The first-order chi connectivity index (χ1) is 20.4. The molecule has 0 bridgehead atoms. The Bertz CT molecular complexity index is 1190. The molecule has 13 heteroatoms. The minimum Gasteiger partial charge on any atom is -0.460 e. The number of ether oxygens (including phenoxy) is 3. The van der Waals surface area contributed by atoms with Gasteiger partial charge in [-0.05, 0) is 59.4 Å². The van der Waals surface area contributed by atoms with Crippen LogP contribution in [0.2, 0.25) is 0 Å². The van der Waals surface area contributed by atoms with Crippen LogP contribution < -0.4 is 5.32 Å². The molecular weight excluding hydrogens is 638 g/mol. The van der Waals surface area contributed by atoms with Crippen LogP contribution in [0.25, 0.3) is 0 Å². The van der Waals surface area contributed by atoms with Gasteiger partial charge >= 0.3 is 11.9 Å². The molecule has 244 valence electrons. The zero-order valence-corrected chi connectivity index (χ0v) is 28.3. The second-order valence-electron chi connectivity index (χ2n) is 12.4. The van der Waals surface area contributed by atoms with Crippen LogP contribution in [0.1, 0.15) is 80.2 Å². The molecule has 1 aromatic carbocycles. The summed E-state index contributed by atoms with van der Waals surface area (Å²) in [5.74, 6) is -4.14. The van der Waals surface area contributed by atoms with E-state index in [2.05, 4.69) is 26.3 Å². The molecule has 0 fully saturated rings. The van der Waals surface area contributed by atoms with Crippen molar-refractivity contribution < 1.29 is 43.0 Å². The molecule has 0 aliphatic carbocycles. The summed E-state index contributed by atoms with van der Waals surface area (Å²) in [7, 11) is 0. The summed E-state index contributed by atoms with van der Waals surface area (Å²) in [4.78, 5) is 76.6. The molecule has 12 nitrogen and oxygen atoms in total. The third-order valence-electron chi connectivity index (χ3n) is 5.77. The fraction of sp³-hybridized carbons (Fsp3) is 0.613. The van der Waals surface area contributed by atoms with Crippen molar-refractivity contribution in [3.05, 3.63) is 35.9 Å². The maximum atomic E-state index is 13.9. The van der Waals surface area contributed by atoms with Gasteiger partial charge in [-0.3, -0.25) is 24.0 Å². The number of hydrogen-bond donors (Lipinski definition) is 1. The summed E-state index contributed by atoms with van der Waals surface area (Å²) in [5, 5.41) is 6.55. The quantitative estimate of drug-likeness (QED) is 0.0896. The van der Waals surface area contributed by atoms with E-state index < -0.39 is 71.3 Å². The largest absolute Gasteiger partial charge is 0.460 e. The third kappa shape index (κ3) is 14.4. The molecule has 0 saturated heterocycles. The van der Waals surface area contributed by atoms with Crippen LogP contribution in [-0.4, -0.2) is 75.3 Å². The highest BCUT2D eigenvalue weighted by Gasteiger charge is 2.39. The number of nitrogens with zero attached hydrogens (tertiary/aromatic N) is 2. The van der Waals surface area contributed by atoms with Crippen molar-refractivity contribution in [1.82, 2.24) is 10.3 Å². The number of carbonyl (C=O) groups is 5. The van der Waals surface area contributed by atoms with E-state index in [1.54, 1.807) is 79.7 Å². The molecule has 0 heterocycles. The number of Topliss-reactive ketones (excluding diaryl/α,β-unsaturated/α-hetero) is 1. The fourth-order valence-corrected chi connectivity index (χ4v) is 4.36. The van der Waals surface area contributed by atoms with E-state index in [0.717, 1.165) is 5.56 Å². The van der Waals surface area contributed by atoms with Crippen LogP contribution in [0.4, 0.5) is 0 Å². The lowest BCUT2D eigenvalue weighted by Gasteiger charge is -2.32. The number of benzene rings is 1. The zero-order valence-electron chi connectivity index (χ0n) is 26.7. The number of rotatable bonds is 16. The topological polar surface area (TPSA) is 158 Å². The minimum absolute atomic E-state index is 0.0134. The number of isocyanates is 1. The molecule has 1 N–H and O–H groups in total. The van der Waals surface area contributed by atoms with Crippen LogP contribution in [0, 0.1) is 5.92 Å². The van der Waals surface area contributed by atoms with Crippen LogP contribution in [0.15, 0.2) is 35.4 Å². The number of nitrogens with one attached hydrogen (secondary N) is 1. The molecule has 0 saturated carbocycles. The van der Waals surface area contributed by atoms with Gasteiger partial charge in [-0.2, -0.15) is 0 Å². The Labute approximate surface area is 267 Å². The number of amides is 2. The maximum Gasteiger partial charge on any atom is 0.308 e. The number of hydrogen-bond acceptors (Lipinski definition) is 10. The Balaban J connectivity index is 3.34. The number of alkyl halides is 1. The molecule has 2 amide bonds. The molecule has 0 aliphatic heterocycles. The minimum atomic E-state index is -1.41. The van der Waals surface area contributed by atoms with Gasteiger partial charge in [0.2, 0.25) is 5.91 Å². The average Bonchev–Trinajstić information content (AvgIpc) is 2.90. The Morgan fingerprint density at radius 1 is 0.955 bits per heavy atom. The third-order valence-corrected chi connectivity index (χ3v) is 6.32. The lowest BCUT2D eigenvalue weighted by Crippen LogP contribution is -2.56. The fourth-order valence-electron chi connectivity index (χ4n) is 3.97. The summed E-state index contributed by atoms with van der Waals surface area (Å²) >= 11 is 3.06. The van der Waals surface area contributed by atoms with Crippen LogP contribution in [0.5, 0.6) is 0 Å². The van der Waals surface area contributed by atoms with Gasteiger partial charge in [0.1, 0.15) is 23.3 Å². The summed E-state index contributed by atoms with van der Waals surface area (Å²) in [5.41, 5.74) is -0.831. The summed E-state index contributed by atoms with van der Waals surface area (Å²) < 4.78 is 16.6. The molecule has 0 radical (unpaired) electrons. The number of halogens is 1. The SMILES string of the molecule is CC(C)C(C(=O)NC(CC(=O)OC(C)(C)C)C(=O)CBr)N(N=C=O)C(=O)C(CCC(=O)OC(C)(C)C)OCc1ccccc1. The number of ketones is 1. The van der Waals surface area contributed by atoms with E-state index in [-0.39, 0.29) is 24.8 Å². The van der Waals surface area contributed by atoms with Gasteiger partial charge in [-0.25, -0.2) is 9.80 Å². The number of hydrazone groups is 1. The predicted molar refractivity (Wildman–Crippen MR) is 165 cm³/mol. The van der Waals surface area contributed by atoms with Gasteiger partial charge in [0.15, 0.2) is 5.78 Å². The molecule has 3 atom stereocenters. The predicted octanol–water partition coefficient (Wildman–Crippen LogP) is 3.98. The summed E-state index contributed by atoms with van der Waals surface area (Å²) in [6.07, 6.45) is -0.788. The van der Waals surface area contributed by atoms with E-state index in [1.165, 1.54) is 6.08 Å². The second kappa shape index (κ2) is 17.8. The molecule has 0 spiro atoms. The Kier molecular flexibility index (Phi) is 15.6. The zero-order chi connectivity index (χ0) is 33.7. The van der Waals surface area contributed by atoms with Crippen molar-refractivity contribution in [2.45, 2.75) is 111 Å². The van der Waals surface area contributed by atoms with Gasteiger partial charge in [-0.1, -0.05) is 65.2 Å². The first-order valence-electron chi connectivity index (χ1n) is 14.3. The van der Waals surface area contributed by atoms with E-state index in [9.17, 15) is 28.8 Å². The van der Waals surface area contributed by atoms with Gasteiger partial charge < -0.3 is 19.5 Å². The molecule has 0 aliphatic rings. The molecular formula is C31H44BrN3O9.